The lowest BCUT2D eigenvalue weighted by atomic mass is 9.79. The van der Waals surface area contributed by atoms with Crippen LogP contribution < -0.4 is 0 Å². The monoisotopic (exact) mass is 238 g/mol. The van der Waals surface area contributed by atoms with Crippen molar-refractivity contribution < 1.29 is 13.6 Å². The molecule has 0 unspecified atom stereocenters. The van der Waals surface area contributed by atoms with Crippen LogP contribution in [0, 0.1) is 23.5 Å². The number of ketones is 1. The third-order valence-corrected chi connectivity index (χ3v) is 3.60. The quantitative estimate of drug-likeness (QED) is 0.712. The summed E-state index contributed by atoms with van der Waals surface area (Å²) in [5.41, 5.74) is -0.355. The lowest BCUT2D eigenvalue weighted by Gasteiger charge is -2.25. The summed E-state index contributed by atoms with van der Waals surface area (Å²) in [6, 6.07) is 3.56. The van der Waals surface area contributed by atoms with Gasteiger partial charge in [0.1, 0.15) is 11.6 Å². The van der Waals surface area contributed by atoms with E-state index in [4.69, 9.17) is 0 Å². The fourth-order valence-corrected chi connectivity index (χ4v) is 2.46. The molecule has 0 radical (unpaired) electrons. The summed E-state index contributed by atoms with van der Waals surface area (Å²) < 4.78 is 26.9. The van der Waals surface area contributed by atoms with E-state index in [-0.39, 0.29) is 17.3 Å². The van der Waals surface area contributed by atoms with Crippen molar-refractivity contribution in [3.05, 3.63) is 35.4 Å². The predicted octanol–water partition coefficient (Wildman–Crippen LogP) is 3.97. The molecule has 1 saturated carbocycles. The highest BCUT2D eigenvalue weighted by Crippen LogP contribution is 2.31. The molecule has 0 heterocycles. The van der Waals surface area contributed by atoms with E-state index in [1.807, 2.05) is 0 Å². The molecule has 92 valence electrons. The van der Waals surface area contributed by atoms with E-state index in [9.17, 15) is 13.6 Å². The minimum Gasteiger partial charge on any atom is -0.294 e. The highest BCUT2D eigenvalue weighted by atomic mass is 19.1. The van der Waals surface area contributed by atoms with Crippen LogP contribution in [0.2, 0.25) is 0 Å². The highest BCUT2D eigenvalue weighted by Gasteiger charge is 2.28. The van der Waals surface area contributed by atoms with Gasteiger partial charge in [-0.15, -0.1) is 0 Å². The molecule has 0 aromatic heterocycles. The molecule has 0 atom stereocenters. The molecule has 17 heavy (non-hydrogen) atoms. The number of hydrogen-bond acceptors (Lipinski definition) is 1. The summed E-state index contributed by atoms with van der Waals surface area (Å²) >= 11 is 0. The van der Waals surface area contributed by atoms with Crippen molar-refractivity contribution in [2.45, 2.75) is 32.6 Å². The zero-order chi connectivity index (χ0) is 12.4. The summed E-state index contributed by atoms with van der Waals surface area (Å²) in [4.78, 5) is 12.1. The summed E-state index contributed by atoms with van der Waals surface area (Å²) in [7, 11) is 0. The Morgan fingerprint density at radius 3 is 2.18 bits per heavy atom. The second-order valence-electron chi connectivity index (χ2n) is 4.92. The maximum absolute atomic E-state index is 13.5. The molecule has 0 saturated heterocycles. The number of benzene rings is 1. The van der Waals surface area contributed by atoms with Crippen LogP contribution in [0.5, 0.6) is 0 Å². The molecule has 1 aliphatic carbocycles. The number of carbonyl (C=O) groups excluding carboxylic acids is 1. The first-order chi connectivity index (χ1) is 8.09. The van der Waals surface area contributed by atoms with Crippen molar-refractivity contribution in [2.24, 2.45) is 11.8 Å². The molecule has 0 N–H and O–H groups in total. The third-order valence-electron chi connectivity index (χ3n) is 3.60. The van der Waals surface area contributed by atoms with Gasteiger partial charge in [-0.25, -0.2) is 8.78 Å². The van der Waals surface area contributed by atoms with E-state index in [2.05, 4.69) is 6.92 Å². The number of hydrogen-bond donors (Lipinski definition) is 0. The zero-order valence-corrected chi connectivity index (χ0v) is 9.88. The van der Waals surface area contributed by atoms with Gasteiger partial charge in [0.05, 0.1) is 5.56 Å². The van der Waals surface area contributed by atoms with Crippen molar-refractivity contribution in [3.8, 4) is 0 Å². The first-order valence-corrected chi connectivity index (χ1v) is 6.08. The minimum atomic E-state index is -0.742. The second kappa shape index (κ2) is 4.94. The van der Waals surface area contributed by atoms with Crippen molar-refractivity contribution in [1.29, 1.82) is 0 Å². The summed E-state index contributed by atoms with van der Waals surface area (Å²) in [6.07, 6.45) is 3.42. The molecular formula is C14H16F2O. The Morgan fingerprint density at radius 1 is 1.12 bits per heavy atom. The van der Waals surface area contributed by atoms with Gasteiger partial charge in [0, 0.05) is 5.92 Å². The first kappa shape index (κ1) is 12.2. The molecule has 1 fully saturated rings. The van der Waals surface area contributed by atoms with Crippen LogP contribution in [0.15, 0.2) is 18.2 Å². The van der Waals surface area contributed by atoms with E-state index in [1.54, 1.807) is 0 Å². The Bertz CT molecular complexity index is 400. The van der Waals surface area contributed by atoms with E-state index in [0.29, 0.717) is 5.92 Å². The van der Waals surface area contributed by atoms with Gasteiger partial charge in [-0.2, -0.15) is 0 Å². The van der Waals surface area contributed by atoms with E-state index in [0.717, 1.165) is 37.8 Å². The van der Waals surface area contributed by atoms with Crippen LogP contribution >= 0.6 is 0 Å². The van der Waals surface area contributed by atoms with Gasteiger partial charge in [-0.3, -0.25) is 4.79 Å². The van der Waals surface area contributed by atoms with Gasteiger partial charge < -0.3 is 0 Å². The van der Waals surface area contributed by atoms with Gasteiger partial charge in [0.2, 0.25) is 0 Å². The molecule has 0 aliphatic heterocycles. The highest BCUT2D eigenvalue weighted by molar-refractivity contribution is 5.98. The number of Topliss-reactive ketones (excluding diaryl/α,β-unsaturated/α-hetero) is 1. The Hall–Kier alpha value is -1.25. The van der Waals surface area contributed by atoms with Crippen molar-refractivity contribution in [2.75, 3.05) is 0 Å². The smallest absolute Gasteiger partial charge is 0.171 e. The Balaban J connectivity index is 2.20. The molecule has 3 heteroatoms. The standard InChI is InChI=1S/C14H16F2O/c1-9-5-7-10(8-6-9)14(17)13-11(15)3-2-4-12(13)16/h2-4,9-10H,5-8H2,1H3. The van der Waals surface area contributed by atoms with Crippen molar-refractivity contribution in [3.63, 3.8) is 0 Å². The summed E-state index contributed by atoms with van der Waals surface area (Å²) in [6.45, 7) is 2.14. The summed E-state index contributed by atoms with van der Waals surface area (Å²) in [5.74, 6) is -1.45. The lowest BCUT2D eigenvalue weighted by molar-refractivity contribution is 0.0867. The zero-order valence-electron chi connectivity index (χ0n) is 9.88. The van der Waals surface area contributed by atoms with E-state index >= 15 is 0 Å². The first-order valence-electron chi connectivity index (χ1n) is 6.08. The van der Waals surface area contributed by atoms with Crippen LogP contribution in [0.25, 0.3) is 0 Å². The molecule has 1 aromatic carbocycles. The average molecular weight is 238 g/mol. The lowest BCUT2D eigenvalue weighted by Crippen LogP contribution is -2.22. The maximum atomic E-state index is 13.5. The van der Waals surface area contributed by atoms with Gasteiger partial charge in [0.25, 0.3) is 0 Å². The molecule has 1 aliphatic rings. The number of rotatable bonds is 2. The Morgan fingerprint density at radius 2 is 1.65 bits per heavy atom. The normalized spacial score (nSPS) is 24.6. The molecule has 1 nitrogen and oxygen atoms in total. The maximum Gasteiger partial charge on any atom is 0.171 e. The van der Waals surface area contributed by atoms with Gasteiger partial charge in [-0.05, 0) is 30.9 Å². The van der Waals surface area contributed by atoms with Gasteiger partial charge >= 0.3 is 0 Å². The molecule has 0 bridgehead atoms. The number of halogens is 2. The molecule has 0 spiro atoms. The van der Waals surface area contributed by atoms with Crippen LogP contribution in [0.3, 0.4) is 0 Å². The van der Waals surface area contributed by atoms with Crippen molar-refractivity contribution in [1.82, 2.24) is 0 Å². The largest absolute Gasteiger partial charge is 0.294 e. The van der Waals surface area contributed by atoms with Crippen LogP contribution in [-0.4, -0.2) is 5.78 Å². The molecular weight excluding hydrogens is 222 g/mol. The molecule has 1 aromatic rings. The summed E-state index contributed by atoms with van der Waals surface area (Å²) in [5, 5.41) is 0. The van der Waals surface area contributed by atoms with Crippen LogP contribution in [0.4, 0.5) is 8.78 Å². The van der Waals surface area contributed by atoms with Crippen LogP contribution in [-0.2, 0) is 0 Å². The van der Waals surface area contributed by atoms with E-state index < -0.39 is 11.6 Å². The third kappa shape index (κ3) is 2.54. The van der Waals surface area contributed by atoms with Gasteiger partial charge in [-0.1, -0.05) is 25.8 Å². The van der Waals surface area contributed by atoms with Crippen molar-refractivity contribution >= 4 is 5.78 Å². The molecule has 2 rings (SSSR count). The predicted molar refractivity (Wildman–Crippen MR) is 61.8 cm³/mol. The topological polar surface area (TPSA) is 17.1 Å². The fraction of sp³-hybridized carbons (Fsp3) is 0.500. The second-order valence-corrected chi connectivity index (χ2v) is 4.92. The Labute approximate surface area is 99.8 Å². The number of carbonyl (C=O) groups is 1. The SMILES string of the molecule is CC1CCC(C(=O)c2c(F)cccc2F)CC1. The minimum absolute atomic E-state index is 0.211. The van der Waals surface area contributed by atoms with E-state index in [1.165, 1.54) is 6.07 Å². The van der Waals surface area contributed by atoms with Gasteiger partial charge in [0.15, 0.2) is 5.78 Å². The van der Waals surface area contributed by atoms with Crippen LogP contribution in [0.1, 0.15) is 43.0 Å². The fourth-order valence-electron chi connectivity index (χ4n) is 2.46. The average Bonchev–Trinajstić information content (AvgIpc) is 2.29. The Kier molecular flexibility index (Phi) is 3.55. The molecule has 0 amide bonds.